The summed E-state index contributed by atoms with van der Waals surface area (Å²) < 4.78 is 74.8. The molecule has 2 atom stereocenters. The zero-order valence-corrected chi connectivity index (χ0v) is 20.0. The standard InChI is InChI=1S/C26H41F5O.CH4.H2O.3H2/c1-16-2-4-17(5-3-16)18-6-8-19(9-7-18)20-10-12-21(13-11-20)26(30,31)32-22-14-23(27)25(29)24(28)15-22;;;;;/h16-25H,2-15H2,1H3;1H4;1H2;3*1H. The number of halogens is 5. The Balaban J connectivity index is 0. The molecule has 0 spiro atoms. The first-order valence-corrected chi connectivity index (χ1v) is 13.2. The summed E-state index contributed by atoms with van der Waals surface area (Å²) in [6.07, 6.45) is 0.971. The van der Waals surface area contributed by atoms with Crippen molar-refractivity contribution in [3.63, 3.8) is 0 Å². The summed E-state index contributed by atoms with van der Waals surface area (Å²) in [5.41, 5.74) is 0. The van der Waals surface area contributed by atoms with Gasteiger partial charge in [-0.2, -0.15) is 8.78 Å². The second-order valence-electron chi connectivity index (χ2n) is 11.6. The van der Waals surface area contributed by atoms with Crippen molar-refractivity contribution in [3.8, 4) is 0 Å². The molecule has 4 rings (SSSR count). The van der Waals surface area contributed by atoms with Crippen molar-refractivity contribution in [1.82, 2.24) is 0 Å². The average Bonchev–Trinajstić information content (AvgIpc) is 2.78. The van der Waals surface area contributed by atoms with Crippen LogP contribution in [0.15, 0.2) is 0 Å². The van der Waals surface area contributed by atoms with Crippen molar-refractivity contribution < 1.29 is 36.4 Å². The number of hydrogen-bond acceptors (Lipinski definition) is 1. The summed E-state index contributed by atoms with van der Waals surface area (Å²) >= 11 is 0. The minimum atomic E-state index is -3.39. The minimum absolute atomic E-state index is 0. The fraction of sp³-hybridized carbons (Fsp3) is 1.00. The lowest BCUT2D eigenvalue weighted by Crippen LogP contribution is -2.45. The Morgan fingerprint density at radius 3 is 1.41 bits per heavy atom. The highest BCUT2D eigenvalue weighted by Crippen LogP contribution is 2.48. The van der Waals surface area contributed by atoms with Gasteiger partial charge in [-0.3, -0.25) is 0 Å². The summed E-state index contributed by atoms with van der Waals surface area (Å²) in [5, 5.41) is 0. The Bertz CT molecular complexity index is 585. The molecule has 34 heavy (non-hydrogen) atoms. The second kappa shape index (κ2) is 12.7. The van der Waals surface area contributed by atoms with Gasteiger partial charge in [0, 0.05) is 17.1 Å². The highest BCUT2D eigenvalue weighted by molar-refractivity contribution is 4.90. The van der Waals surface area contributed by atoms with Gasteiger partial charge in [0.25, 0.3) is 0 Å². The largest absolute Gasteiger partial charge is 0.412 e. The first-order valence-electron chi connectivity index (χ1n) is 13.2. The molecule has 4 aliphatic rings. The number of ether oxygens (including phenoxy) is 1. The molecule has 0 aromatic heterocycles. The van der Waals surface area contributed by atoms with Gasteiger partial charge in [-0.25, -0.2) is 13.2 Å². The molecule has 208 valence electrons. The van der Waals surface area contributed by atoms with Crippen LogP contribution in [0.25, 0.3) is 0 Å². The smallest absolute Gasteiger partial charge is 0.358 e. The van der Waals surface area contributed by atoms with Crippen LogP contribution >= 0.6 is 0 Å². The molecule has 0 heterocycles. The summed E-state index contributed by atoms with van der Waals surface area (Å²) in [4.78, 5) is 0. The predicted molar refractivity (Wildman–Crippen MR) is 132 cm³/mol. The van der Waals surface area contributed by atoms with E-state index in [4.69, 9.17) is 4.74 Å². The fourth-order valence-electron chi connectivity index (χ4n) is 7.27. The number of alkyl halides is 5. The molecule has 4 fully saturated rings. The van der Waals surface area contributed by atoms with E-state index in [1.54, 1.807) is 0 Å². The molecular formula is C27H53F5O2. The van der Waals surface area contributed by atoms with Gasteiger partial charge in [-0.15, -0.1) is 0 Å². The Morgan fingerprint density at radius 1 is 0.647 bits per heavy atom. The van der Waals surface area contributed by atoms with Gasteiger partial charge in [0.15, 0.2) is 6.17 Å². The lowest BCUT2D eigenvalue weighted by molar-refractivity contribution is -0.306. The van der Waals surface area contributed by atoms with E-state index in [-0.39, 0.29) is 17.2 Å². The molecule has 2 nitrogen and oxygen atoms in total. The first-order chi connectivity index (χ1) is 15.2. The van der Waals surface area contributed by atoms with Crippen molar-refractivity contribution in [2.75, 3.05) is 0 Å². The van der Waals surface area contributed by atoms with Crippen LogP contribution in [0.2, 0.25) is 0 Å². The molecule has 4 saturated carbocycles. The van der Waals surface area contributed by atoms with Gasteiger partial charge in [-0.1, -0.05) is 27.2 Å². The molecule has 4 aliphatic carbocycles. The first kappa shape index (κ1) is 29.8. The highest BCUT2D eigenvalue weighted by atomic mass is 19.3. The molecular weight excluding hydrogens is 451 g/mol. The molecule has 0 saturated heterocycles. The van der Waals surface area contributed by atoms with Gasteiger partial charge in [0.2, 0.25) is 0 Å². The molecule has 0 bridgehead atoms. The Kier molecular flexibility index (Phi) is 11.1. The van der Waals surface area contributed by atoms with Crippen molar-refractivity contribution in [1.29, 1.82) is 0 Å². The molecule has 7 heteroatoms. The summed E-state index contributed by atoms with van der Waals surface area (Å²) in [6.45, 7) is 2.36. The third kappa shape index (κ3) is 7.08. The predicted octanol–water partition coefficient (Wildman–Crippen LogP) is 8.76. The lowest BCUT2D eigenvalue weighted by Gasteiger charge is -2.42. The maximum atomic E-state index is 14.7. The average molecular weight is 505 g/mol. The summed E-state index contributed by atoms with van der Waals surface area (Å²) in [6, 6.07) is 0. The third-order valence-electron chi connectivity index (χ3n) is 9.45. The zero-order chi connectivity index (χ0) is 22.9. The monoisotopic (exact) mass is 504 g/mol. The van der Waals surface area contributed by atoms with Crippen LogP contribution < -0.4 is 0 Å². The molecule has 2 unspecified atom stereocenters. The van der Waals surface area contributed by atoms with Crippen LogP contribution in [0.1, 0.15) is 109 Å². The highest BCUT2D eigenvalue weighted by Gasteiger charge is 2.48. The van der Waals surface area contributed by atoms with E-state index >= 15 is 0 Å². The van der Waals surface area contributed by atoms with Gasteiger partial charge < -0.3 is 10.2 Å². The Labute approximate surface area is 207 Å². The van der Waals surface area contributed by atoms with Crippen LogP contribution in [-0.2, 0) is 4.74 Å². The van der Waals surface area contributed by atoms with E-state index in [9.17, 15) is 22.0 Å². The summed E-state index contributed by atoms with van der Waals surface area (Å²) in [5.74, 6) is 2.92. The van der Waals surface area contributed by atoms with E-state index < -0.39 is 49.5 Å². The van der Waals surface area contributed by atoms with Crippen LogP contribution in [0.5, 0.6) is 0 Å². The third-order valence-corrected chi connectivity index (χ3v) is 9.45. The Hall–Kier alpha value is -0.430. The van der Waals surface area contributed by atoms with Gasteiger partial charge in [-0.05, 0) is 93.8 Å². The quantitative estimate of drug-likeness (QED) is 0.345. The van der Waals surface area contributed by atoms with Gasteiger partial charge in [0.05, 0.1) is 12.0 Å². The molecule has 0 radical (unpaired) electrons. The van der Waals surface area contributed by atoms with Crippen molar-refractivity contribution in [2.24, 2.45) is 35.5 Å². The molecule has 0 aromatic carbocycles. The second-order valence-corrected chi connectivity index (χ2v) is 11.6. The van der Waals surface area contributed by atoms with Gasteiger partial charge >= 0.3 is 6.11 Å². The van der Waals surface area contributed by atoms with Crippen molar-refractivity contribution in [3.05, 3.63) is 0 Å². The normalized spacial score (nSPS) is 43.9. The van der Waals surface area contributed by atoms with E-state index in [1.165, 1.54) is 51.4 Å². The minimum Gasteiger partial charge on any atom is -0.412 e. The van der Waals surface area contributed by atoms with Gasteiger partial charge in [0.1, 0.15) is 12.3 Å². The molecule has 2 N–H and O–H groups in total. The molecule has 0 aliphatic heterocycles. The topological polar surface area (TPSA) is 40.7 Å². The SMILES string of the molecule is C.CC1CCC(C2CCC(C3CCC(C(F)(F)OC4CC(F)C(F)C(F)C4)CC3)CC2)CC1.O.[HH].[HH].[HH]. The van der Waals surface area contributed by atoms with Crippen LogP contribution in [0.4, 0.5) is 22.0 Å². The molecule has 0 aromatic rings. The fourth-order valence-corrected chi connectivity index (χ4v) is 7.27. The summed E-state index contributed by atoms with van der Waals surface area (Å²) in [7, 11) is 0. The maximum Gasteiger partial charge on any atom is 0.358 e. The number of rotatable bonds is 5. The van der Waals surface area contributed by atoms with Crippen molar-refractivity contribution >= 4 is 0 Å². The Morgan fingerprint density at radius 2 is 1.00 bits per heavy atom. The van der Waals surface area contributed by atoms with E-state index in [1.807, 2.05) is 0 Å². The lowest BCUT2D eigenvalue weighted by atomic mass is 9.65. The van der Waals surface area contributed by atoms with Crippen LogP contribution in [0.3, 0.4) is 0 Å². The van der Waals surface area contributed by atoms with E-state index in [2.05, 4.69) is 6.92 Å². The molecule has 0 amide bonds. The van der Waals surface area contributed by atoms with Crippen molar-refractivity contribution in [2.45, 2.75) is 135 Å². The zero-order valence-electron chi connectivity index (χ0n) is 20.0. The van der Waals surface area contributed by atoms with E-state index in [0.717, 1.165) is 30.6 Å². The number of hydrogen-bond donors (Lipinski definition) is 0. The maximum absolute atomic E-state index is 14.7. The van der Waals surface area contributed by atoms with E-state index in [0.29, 0.717) is 24.7 Å². The van der Waals surface area contributed by atoms with Crippen LogP contribution in [0, 0.1) is 35.5 Å². The van der Waals surface area contributed by atoms with Crippen LogP contribution in [-0.4, -0.2) is 36.2 Å².